The summed E-state index contributed by atoms with van der Waals surface area (Å²) in [6.45, 7) is 0. The standard InChI is InChI=1S/C15H17F3N2S/c1-21-13-6-4-11(5-7-13)20-12-3-2-10(9-19)14(8-12)15(16,17)18/h2-3,8,11,13,20H,4-7H2,1H3. The average molecular weight is 314 g/mol. The molecule has 0 radical (unpaired) electrons. The Hall–Kier alpha value is -1.35. The highest BCUT2D eigenvalue weighted by Crippen LogP contribution is 2.34. The first kappa shape index (κ1) is 16.0. The third-order valence-electron chi connectivity index (χ3n) is 3.82. The number of nitrogens with zero attached hydrogens (tertiary/aromatic N) is 1. The molecule has 0 bridgehead atoms. The van der Waals surface area contributed by atoms with Gasteiger partial charge in [0.25, 0.3) is 0 Å². The van der Waals surface area contributed by atoms with Crippen molar-refractivity contribution in [2.75, 3.05) is 11.6 Å². The van der Waals surface area contributed by atoms with Crippen molar-refractivity contribution in [3.63, 3.8) is 0 Å². The summed E-state index contributed by atoms with van der Waals surface area (Å²) in [6, 6.07) is 5.63. The molecule has 0 aromatic heterocycles. The van der Waals surface area contributed by atoms with E-state index in [1.54, 1.807) is 12.1 Å². The molecular formula is C15H17F3N2S. The molecule has 114 valence electrons. The van der Waals surface area contributed by atoms with Crippen molar-refractivity contribution in [1.29, 1.82) is 5.26 Å². The van der Waals surface area contributed by atoms with Crippen LogP contribution in [0.4, 0.5) is 18.9 Å². The van der Waals surface area contributed by atoms with Crippen LogP contribution in [0.2, 0.25) is 0 Å². The van der Waals surface area contributed by atoms with E-state index < -0.39 is 11.7 Å². The summed E-state index contributed by atoms with van der Waals surface area (Å²) in [4.78, 5) is 0. The number of nitriles is 1. The van der Waals surface area contributed by atoms with E-state index in [9.17, 15) is 13.2 Å². The lowest BCUT2D eigenvalue weighted by Crippen LogP contribution is -2.27. The van der Waals surface area contributed by atoms with Crippen molar-refractivity contribution in [2.24, 2.45) is 0 Å². The van der Waals surface area contributed by atoms with Crippen LogP contribution in [-0.2, 0) is 6.18 Å². The van der Waals surface area contributed by atoms with Gasteiger partial charge < -0.3 is 5.32 Å². The van der Waals surface area contributed by atoms with Crippen LogP contribution in [-0.4, -0.2) is 17.5 Å². The van der Waals surface area contributed by atoms with Crippen LogP contribution in [0.5, 0.6) is 0 Å². The molecule has 1 aromatic carbocycles. The highest BCUT2D eigenvalue weighted by atomic mass is 32.2. The van der Waals surface area contributed by atoms with Gasteiger partial charge in [-0.15, -0.1) is 0 Å². The highest BCUT2D eigenvalue weighted by molar-refractivity contribution is 7.99. The van der Waals surface area contributed by atoms with Crippen molar-refractivity contribution in [1.82, 2.24) is 0 Å². The fourth-order valence-electron chi connectivity index (χ4n) is 2.64. The number of benzene rings is 1. The average Bonchev–Trinajstić information content (AvgIpc) is 2.47. The van der Waals surface area contributed by atoms with Crippen LogP contribution >= 0.6 is 11.8 Å². The van der Waals surface area contributed by atoms with E-state index in [-0.39, 0.29) is 11.6 Å². The fraction of sp³-hybridized carbons (Fsp3) is 0.533. The van der Waals surface area contributed by atoms with Gasteiger partial charge in [-0.25, -0.2) is 0 Å². The molecule has 0 saturated heterocycles. The monoisotopic (exact) mass is 314 g/mol. The first-order valence-electron chi connectivity index (χ1n) is 6.84. The Labute approximate surface area is 126 Å². The minimum Gasteiger partial charge on any atom is -0.382 e. The maximum atomic E-state index is 12.9. The minimum absolute atomic E-state index is 0.211. The first-order valence-corrected chi connectivity index (χ1v) is 8.13. The van der Waals surface area contributed by atoms with E-state index in [1.807, 2.05) is 11.8 Å². The van der Waals surface area contributed by atoms with Gasteiger partial charge >= 0.3 is 6.18 Å². The van der Waals surface area contributed by atoms with Crippen LogP contribution in [0, 0.1) is 11.3 Å². The van der Waals surface area contributed by atoms with E-state index in [4.69, 9.17) is 5.26 Å². The quantitative estimate of drug-likeness (QED) is 0.881. The van der Waals surface area contributed by atoms with Gasteiger partial charge in [0.2, 0.25) is 0 Å². The zero-order valence-corrected chi connectivity index (χ0v) is 12.5. The van der Waals surface area contributed by atoms with E-state index >= 15 is 0 Å². The second kappa shape index (κ2) is 6.61. The molecule has 0 aliphatic heterocycles. The Morgan fingerprint density at radius 2 is 1.90 bits per heavy atom. The van der Waals surface area contributed by atoms with Crippen LogP contribution in [0.3, 0.4) is 0 Å². The molecule has 21 heavy (non-hydrogen) atoms. The molecule has 1 fully saturated rings. The van der Waals surface area contributed by atoms with Crippen LogP contribution in [0.15, 0.2) is 18.2 Å². The topological polar surface area (TPSA) is 35.8 Å². The van der Waals surface area contributed by atoms with E-state index in [1.165, 1.54) is 6.07 Å². The third kappa shape index (κ3) is 4.07. The molecule has 1 saturated carbocycles. The molecular weight excluding hydrogens is 297 g/mol. The highest BCUT2D eigenvalue weighted by Gasteiger charge is 2.34. The Morgan fingerprint density at radius 3 is 2.43 bits per heavy atom. The predicted octanol–water partition coefficient (Wildman–Crippen LogP) is 4.66. The van der Waals surface area contributed by atoms with Gasteiger partial charge in [-0.2, -0.15) is 30.2 Å². The Balaban J connectivity index is 2.10. The molecule has 1 N–H and O–H groups in total. The van der Waals surface area contributed by atoms with Gasteiger partial charge in [0, 0.05) is 17.0 Å². The van der Waals surface area contributed by atoms with Gasteiger partial charge in [0.05, 0.1) is 17.2 Å². The fourth-order valence-corrected chi connectivity index (χ4v) is 3.39. The smallest absolute Gasteiger partial charge is 0.382 e. The summed E-state index contributed by atoms with van der Waals surface area (Å²) in [5, 5.41) is 12.6. The molecule has 0 atom stereocenters. The zero-order chi connectivity index (χ0) is 15.5. The van der Waals surface area contributed by atoms with Gasteiger partial charge in [0.15, 0.2) is 0 Å². The summed E-state index contributed by atoms with van der Waals surface area (Å²) in [6.07, 6.45) is 1.69. The van der Waals surface area contributed by atoms with E-state index in [0.29, 0.717) is 10.9 Å². The van der Waals surface area contributed by atoms with Crippen molar-refractivity contribution in [2.45, 2.75) is 43.2 Å². The van der Waals surface area contributed by atoms with Crippen molar-refractivity contribution < 1.29 is 13.2 Å². The van der Waals surface area contributed by atoms with Crippen molar-refractivity contribution in [3.05, 3.63) is 29.3 Å². The van der Waals surface area contributed by atoms with Crippen LogP contribution in [0.25, 0.3) is 0 Å². The molecule has 6 heteroatoms. The maximum absolute atomic E-state index is 12.9. The lowest BCUT2D eigenvalue weighted by atomic mass is 9.94. The minimum atomic E-state index is -4.50. The number of rotatable bonds is 3. The molecule has 1 aromatic rings. The third-order valence-corrected chi connectivity index (χ3v) is 4.96. The van der Waals surface area contributed by atoms with Crippen LogP contribution < -0.4 is 5.32 Å². The molecule has 2 rings (SSSR count). The number of thioether (sulfide) groups is 1. The Bertz CT molecular complexity index is 529. The Morgan fingerprint density at radius 1 is 1.24 bits per heavy atom. The lowest BCUT2D eigenvalue weighted by Gasteiger charge is -2.29. The molecule has 0 amide bonds. The summed E-state index contributed by atoms with van der Waals surface area (Å²) in [7, 11) is 0. The Kier molecular flexibility index (Phi) is 5.04. The number of hydrogen-bond donors (Lipinski definition) is 1. The number of alkyl halides is 3. The largest absolute Gasteiger partial charge is 0.417 e. The second-order valence-corrected chi connectivity index (χ2v) is 6.36. The lowest BCUT2D eigenvalue weighted by molar-refractivity contribution is -0.137. The summed E-state index contributed by atoms with van der Waals surface area (Å²) < 4.78 is 38.7. The van der Waals surface area contributed by atoms with Crippen LogP contribution in [0.1, 0.15) is 36.8 Å². The summed E-state index contributed by atoms with van der Waals surface area (Å²) >= 11 is 1.85. The normalized spacial score (nSPS) is 22.6. The zero-order valence-electron chi connectivity index (χ0n) is 11.7. The van der Waals surface area contributed by atoms with Gasteiger partial charge in [-0.3, -0.25) is 0 Å². The predicted molar refractivity (Wildman–Crippen MR) is 79.3 cm³/mol. The second-order valence-electron chi connectivity index (χ2n) is 5.22. The van der Waals surface area contributed by atoms with Crippen molar-refractivity contribution >= 4 is 17.4 Å². The molecule has 0 unspecified atom stereocenters. The molecule has 0 heterocycles. The van der Waals surface area contributed by atoms with E-state index in [0.717, 1.165) is 31.7 Å². The molecule has 2 nitrogen and oxygen atoms in total. The molecule has 1 aliphatic rings. The molecule has 1 aliphatic carbocycles. The summed E-state index contributed by atoms with van der Waals surface area (Å²) in [5.74, 6) is 0. The number of hydrogen-bond acceptors (Lipinski definition) is 3. The first-order chi connectivity index (χ1) is 9.94. The maximum Gasteiger partial charge on any atom is 0.417 e. The SMILES string of the molecule is CSC1CCC(Nc2ccc(C#N)c(C(F)(F)F)c2)CC1. The van der Waals surface area contributed by atoms with Gasteiger partial charge in [-0.05, 0) is 50.1 Å². The van der Waals surface area contributed by atoms with E-state index in [2.05, 4.69) is 11.6 Å². The van der Waals surface area contributed by atoms with Gasteiger partial charge in [-0.1, -0.05) is 0 Å². The molecule has 0 spiro atoms. The number of nitrogens with one attached hydrogen (secondary N) is 1. The van der Waals surface area contributed by atoms with Crippen molar-refractivity contribution in [3.8, 4) is 6.07 Å². The van der Waals surface area contributed by atoms with Gasteiger partial charge in [0.1, 0.15) is 0 Å². The number of anilines is 1. The summed E-state index contributed by atoms with van der Waals surface area (Å²) in [5.41, 5.74) is -0.763. The number of halogens is 3.